The molecule has 0 aromatic carbocycles. The van der Waals surface area contributed by atoms with Crippen molar-refractivity contribution in [2.75, 3.05) is 6.54 Å². The number of hydrogen-bond acceptors (Lipinski definition) is 3. The minimum absolute atomic E-state index is 0.647. The molecule has 0 radical (unpaired) electrons. The Morgan fingerprint density at radius 2 is 2.38 bits per heavy atom. The molecule has 0 bridgehead atoms. The Kier molecular flexibility index (Phi) is 4.36. The molecule has 1 aliphatic rings. The van der Waals surface area contributed by atoms with Crippen LogP contribution in [0.5, 0.6) is 0 Å². The Morgan fingerprint density at radius 3 is 2.94 bits per heavy atom. The standard InChI is InChI=1S/C13H22N2S/c1-3-6-14-12(7-11-4-5-11)8-13-9-16-10(2)15-13/h9,11-12,14H,3-8H2,1-2H3. The predicted octanol–water partition coefficient (Wildman–Crippen LogP) is 3.16. The third-order valence-corrected chi connectivity index (χ3v) is 3.94. The van der Waals surface area contributed by atoms with Crippen molar-refractivity contribution in [3.8, 4) is 0 Å². The normalized spacial score (nSPS) is 17.6. The molecule has 1 aromatic rings. The number of nitrogens with zero attached hydrogens (tertiary/aromatic N) is 1. The highest BCUT2D eigenvalue weighted by atomic mass is 32.1. The number of rotatable bonds is 7. The molecular weight excluding hydrogens is 216 g/mol. The van der Waals surface area contributed by atoms with Crippen molar-refractivity contribution in [2.45, 2.75) is 52.0 Å². The van der Waals surface area contributed by atoms with E-state index in [1.807, 2.05) is 0 Å². The summed E-state index contributed by atoms with van der Waals surface area (Å²) in [6, 6.07) is 0.647. The van der Waals surface area contributed by atoms with Crippen molar-refractivity contribution in [1.82, 2.24) is 10.3 Å². The van der Waals surface area contributed by atoms with Crippen LogP contribution in [0.4, 0.5) is 0 Å². The second-order valence-corrected chi connectivity index (χ2v) is 5.95. The zero-order valence-corrected chi connectivity index (χ0v) is 11.1. The maximum atomic E-state index is 4.56. The maximum absolute atomic E-state index is 4.56. The molecule has 1 unspecified atom stereocenters. The van der Waals surface area contributed by atoms with E-state index in [-0.39, 0.29) is 0 Å². The zero-order valence-electron chi connectivity index (χ0n) is 10.3. The second kappa shape index (κ2) is 5.78. The summed E-state index contributed by atoms with van der Waals surface area (Å²) in [5.41, 5.74) is 1.27. The molecule has 1 aromatic heterocycles. The smallest absolute Gasteiger partial charge is 0.0897 e. The van der Waals surface area contributed by atoms with Crippen molar-refractivity contribution in [1.29, 1.82) is 0 Å². The number of aryl methyl sites for hydroxylation is 1. The van der Waals surface area contributed by atoms with E-state index in [0.717, 1.165) is 18.9 Å². The molecule has 90 valence electrons. The van der Waals surface area contributed by atoms with Crippen LogP contribution in [-0.2, 0) is 6.42 Å². The van der Waals surface area contributed by atoms with Gasteiger partial charge in [0.1, 0.15) is 0 Å². The highest BCUT2D eigenvalue weighted by molar-refractivity contribution is 7.09. The molecule has 3 heteroatoms. The quantitative estimate of drug-likeness (QED) is 0.789. The van der Waals surface area contributed by atoms with Gasteiger partial charge in [-0.05, 0) is 32.2 Å². The molecule has 0 saturated heterocycles. The lowest BCUT2D eigenvalue weighted by atomic mass is 10.1. The number of aromatic nitrogens is 1. The molecule has 1 fully saturated rings. The molecule has 1 aliphatic carbocycles. The van der Waals surface area contributed by atoms with Crippen LogP contribution in [0.1, 0.15) is 43.3 Å². The summed E-state index contributed by atoms with van der Waals surface area (Å²) in [6.07, 6.45) is 6.56. The van der Waals surface area contributed by atoms with Crippen molar-refractivity contribution in [2.24, 2.45) is 5.92 Å². The van der Waals surface area contributed by atoms with Crippen LogP contribution in [0.3, 0.4) is 0 Å². The van der Waals surface area contributed by atoms with Gasteiger partial charge in [-0.2, -0.15) is 0 Å². The van der Waals surface area contributed by atoms with E-state index in [2.05, 4.69) is 29.5 Å². The molecule has 1 saturated carbocycles. The number of hydrogen-bond donors (Lipinski definition) is 1. The average Bonchev–Trinajstić information content (AvgIpc) is 2.98. The Hall–Kier alpha value is -0.410. The van der Waals surface area contributed by atoms with Crippen LogP contribution in [0.2, 0.25) is 0 Å². The first-order chi connectivity index (χ1) is 7.78. The minimum Gasteiger partial charge on any atom is -0.314 e. The third kappa shape index (κ3) is 3.87. The second-order valence-electron chi connectivity index (χ2n) is 4.89. The Morgan fingerprint density at radius 1 is 1.56 bits per heavy atom. The monoisotopic (exact) mass is 238 g/mol. The molecule has 16 heavy (non-hydrogen) atoms. The molecule has 0 aliphatic heterocycles. The molecule has 1 N–H and O–H groups in total. The van der Waals surface area contributed by atoms with E-state index >= 15 is 0 Å². The number of thiazole rings is 1. The Labute approximate surface area is 102 Å². The molecule has 0 amide bonds. The van der Waals surface area contributed by atoms with Crippen LogP contribution < -0.4 is 5.32 Å². The maximum Gasteiger partial charge on any atom is 0.0897 e. The number of nitrogens with one attached hydrogen (secondary N) is 1. The van der Waals surface area contributed by atoms with Crippen LogP contribution in [0.25, 0.3) is 0 Å². The SMILES string of the molecule is CCCNC(Cc1csc(C)n1)CC1CC1. The topological polar surface area (TPSA) is 24.9 Å². The van der Waals surface area contributed by atoms with Crippen LogP contribution in [-0.4, -0.2) is 17.6 Å². The molecule has 0 spiro atoms. The zero-order chi connectivity index (χ0) is 11.4. The van der Waals surface area contributed by atoms with Crippen molar-refractivity contribution >= 4 is 11.3 Å². The summed E-state index contributed by atoms with van der Waals surface area (Å²) in [5.74, 6) is 0.995. The molecular formula is C13H22N2S. The van der Waals surface area contributed by atoms with Crippen molar-refractivity contribution < 1.29 is 0 Å². The van der Waals surface area contributed by atoms with Crippen molar-refractivity contribution in [3.63, 3.8) is 0 Å². The van der Waals surface area contributed by atoms with Gasteiger partial charge in [-0.25, -0.2) is 4.98 Å². The summed E-state index contributed by atoms with van der Waals surface area (Å²) in [5, 5.41) is 7.06. The lowest BCUT2D eigenvalue weighted by molar-refractivity contribution is 0.452. The van der Waals surface area contributed by atoms with E-state index < -0.39 is 0 Å². The lowest BCUT2D eigenvalue weighted by Gasteiger charge is -2.17. The van der Waals surface area contributed by atoms with Gasteiger partial charge in [0.2, 0.25) is 0 Å². The summed E-state index contributed by atoms with van der Waals surface area (Å²) >= 11 is 1.77. The van der Waals surface area contributed by atoms with Gasteiger partial charge in [0.25, 0.3) is 0 Å². The highest BCUT2D eigenvalue weighted by Gasteiger charge is 2.25. The third-order valence-electron chi connectivity index (χ3n) is 3.12. The van der Waals surface area contributed by atoms with Gasteiger partial charge >= 0.3 is 0 Å². The highest BCUT2D eigenvalue weighted by Crippen LogP contribution is 2.34. The first-order valence-electron chi connectivity index (χ1n) is 6.42. The molecule has 2 rings (SSSR count). The first-order valence-corrected chi connectivity index (χ1v) is 7.30. The van der Waals surface area contributed by atoms with Gasteiger partial charge < -0.3 is 5.32 Å². The van der Waals surface area contributed by atoms with Crippen LogP contribution in [0.15, 0.2) is 5.38 Å². The van der Waals surface area contributed by atoms with E-state index in [1.54, 1.807) is 11.3 Å². The van der Waals surface area contributed by atoms with Gasteiger partial charge in [-0.15, -0.1) is 11.3 Å². The van der Waals surface area contributed by atoms with E-state index in [1.165, 1.54) is 36.4 Å². The van der Waals surface area contributed by atoms with E-state index in [4.69, 9.17) is 0 Å². The molecule has 1 heterocycles. The van der Waals surface area contributed by atoms with E-state index in [9.17, 15) is 0 Å². The van der Waals surface area contributed by atoms with Crippen LogP contribution >= 0.6 is 11.3 Å². The summed E-state index contributed by atoms with van der Waals surface area (Å²) in [6.45, 7) is 5.46. The van der Waals surface area contributed by atoms with E-state index in [0.29, 0.717) is 6.04 Å². The van der Waals surface area contributed by atoms with Gasteiger partial charge in [0.05, 0.1) is 10.7 Å². The fourth-order valence-corrected chi connectivity index (χ4v) is 2.72. The average molecular weight is 238 g/mol. The summed E-state index contributed by atoms with van der Waals surface area (Å²) < 4.78 is 0. The van der Waals surface area contributed by atoms with Gasteiger partial charge in [0, 0.05) is 17.8 Å². The molecule has 1 atom stereocenters. The first kappa shape index (κ1) is 12.1. The predicted molar refractivity (Wildman–Crippen MR) is 70.0 cm³/mol. The van der Waals surface area contributed by atoms with Gasteiger partial charge in [0.15, 0.2) is 0 Å². The Bertz CT molecular complexity index is 317. The minimum atomic E-state index is 0.647. The largest absolute Gasteiger partial charge is 0.314 e. The summed E-state index contributed by atoms with van der Waals surface area (Å²) in [7, 11) is 0. The fraction of sp³-hybridized carbons (Fsp3) is 0.769. The lowest BCUT2D eigenvalue weighted by Crippen LogP contribution is -2.32. The van der Waals surface area contributed by atoms with Crippen LogP contribution in [0, 0.1) is 12.8 Å². The van der Waals surface area contributed by atoms with Gasteiger partial charge in [-0.1, -0.05) is 19.8 Å². The Balaban J connectivity index is 1.84. The molecule has 2 nitrogen and oxygen atoms in total. The van der Waals surface area contributed by atoms with Gasteiger partial charge in [-0.3, -0.25) is 0 Å². The fourth-order valence-electron chi connectivity index (χ4n) is 2.10. The summed E-state index contributed by atoms with van der Waals surface area (Å²) in [4.78, 5) is 4.56. The van der Waals surface area contributed by atoms with Crippen molar-refractivity contribution in [3.05, 3.63) is 16.1 Å².